The van der Waals surface area contributed by atoms with Crippen LogP contribution in [0.2, 0.25) is 5.02 Å². The maximum atomic E-state index is 12.9. The van der Waals surface area contributed by atoms with Crippen molar-refractivity contribution in [3.05, 3.63) is 53.6 Å². The van der Waals surface area contributed by atoms with Crippen LogP contribution in [-0.2, 0) is 19.6 Å². The summed E-state index contributed by atoms with van der Waals surface area (Å²) < 4.78 is 36.9. The van der Waals surface area contributed by atoms with Crippen LogP contribution in [0.25, 0.3) is 0 Å². The number of anilines is 1. The van der Waals surface area contributed by atoms with Gasteiger partial charge in [-0.2, -0.15) is 0 Å². The van der Waals surface area contributed by atoms with Crippen molar-refractivity contribution in [2.24, 2.45) is 0 Å². The molecule has 0 aliphatic heterocycles. The van der Waals surface area contributed by atoms with E-state index in [1.54, 1.807) is 24.3 Å². The summed E-state index contributed by atoms with van der Waals surface area (Å²) >= 11 is 5.82. The fourth-order valence-corrected chi connectivity index (χ4v) is 3.64. The molecule has 0 aliphatic rings. The molecule has 0 N–H and O–H groups in total. The third-order valence-corrected chi connectivity index (χ3v) is 5.38. The quantitative estimate of drug-likeness (QED) is 0.687. The predicted molar refractivity (Wildman–Crippen MR) is 95.6 cm³/mol. The molecule has 0 fully saturated rings. The molecule has 25 heavy (non-hydrogen) atoms. The van der Waals surface area contributed by atoms with Crippen molar-refractivity contribution in [3.8, 4) is 5.75 Å². The maximum Gasteiger partial charge on any atom is 0.326 e. The van der Waals surface area contributed by atoms with Crippen LogP contribution < -0.4 is 9.04 Å². The molecule has 0 spiro atoms. The summed E-state index contributed by atoms with van der Waals surface area (Å²) in [4.78, 5) is 11.7. The second kappa shape index (κ2) is 8.22. The Bertz CT molecular complexity index is 819. The molecule has 134 valence electrons. The normalized spacial score (nSPS) is 11.0. The van der Waals surface area contributed by atoms with Gasteiger partial charge in [0.1, 0.15) is 12.3 Å². The highest BCUT2D eigenvalue weighted by molar-refractivity contribution is 7.92. The van der Waals surface area contributed by atoms with E-state index in [0.29, 0.717) is 23.1 Å². The Kier molecular flexibility index (Phi) is 6.27. The second-order valence-corrected chi connectivity index (χ2v) is 7.27. The molecule has 8 heteroatoms. The maximum absolute atomic E-state index is 12.9. The van der Waals surface area contributed by atoms with Gasteiger partial charge in [-0.15, -0.1) is 0 Å². The van der Waals surface area contributed by atoms with E-state index in [-0.39, 0.29) is 4.90 Å². The first kappa shape index (κ1) is 19.1. The van der Waals surface area contributed by atoms with E-state index in [2.05, 4.69) is 4.74 Å². The molecule has 0 unspecified atom stereocenters. The number of sulfonamides is 1. The number of esters is 1. The van der Waals surface area contributed by atoms with Crippen LogP contribution in [0.4, 0.5) is 5.69 Å². The van der Waals surface area contributed by atoms with Crippen molar-refractivity contribution in [3.63, 3.8) is 0 Å². The number of hydrogen-bond donors (Lipinski definition) is 0. The average Bonchev–Trinajstić information content (AvgIpc) is 2.61. The zero-order valence-electron chi connectivity index (χ0n) is 13.8. The van der Waals surface area contributed by atoms with E-state index in [1.807, 2.05) is 6.92 Å². The first-order valence-electron chi connectivity index (χ1n) is 7.46. The van der Waals surface area contributed by atoms with Crippen LogP contribution in [0.15, 0.2) is 53.4 Å². The van der Waals surface area contributed by atoms with Gasteiger partial charge < -0.3 is 9.47 Å². The molecular formula is C17H18ClNO5S. The van der Waals surface area contributed by atoms with Gasteiger partial charge in [0.05, 0.1) is 24.3 Å². The Morgan fingerprint density at radius 2 is 1.68 bits per heavy atom. The van der Waals surface area contributed by atoms with E-state index >= 15 is 0 Å². The topological polar surface area (TPSA) is 72.9 Å². The molecule has 0 aliphatic carbocycles. The molecule has 0 saturated heterocycles. The standard InChI is InChI=1S/C17H18ClNO5S/c1-3-24-15-8-6-14(7-9-15)19(12-17(20)23-2)25(21,22)16-10-4-13(18)5-11-16/h4-11H,3,12H2,1-2H3. The third-order valence-electron chi connectivity index (χ3n) is 3.34. The van der Waals surface area contributed by atoms with Crippen molar-refractivity contribution in [2.75, 3.05) is 24.6 Å². The number of ether oxygens (including phenoxy) is 2. The van der Waals surface area contributed by atoms with Crippen LogP contribution in [0.1, 0.15) is 6.92 Å². The lowest BCUT2D eigenvalue weighted by atomic mass is 10.3. The zero-order chi connectivity index (χ0) is 18.4. The van der Waals surface area contributed by atoms with E-state index in [1.165, 1.54) is 31.4 Å². The van der Waals surface area contributed by atoms with Gasteiger partial charge in [-0.05, 0) is 55.5 Å². The Morgan fingerprint density at radius 1 is 1.08 bits per heavy atom. The lowest BCUT2D eigenvalue weighted by Gasteiger charge is -2.23. The Balaban J connectivity index is 2.44. The largest absolute Gasteiger partial charge is 0.494 e. The highest BCUT2D eigenvalue weighted by Crippen LogP contribution is 2.26. The highest BCUT2D eigenvalue weighted by atomic mass is 35.5. The fourth-order valence-electron chi connectivity index (χ4n) is 2.11. The molecule has 2 rings (SSSR count). The minimum atomic E-state index is -3.97. The van der Waals surface area contributed by atoms with Crippen molar-refractivity contribution in [1.29, 1.82) is 0 Å². The van der Waals surface area contributed by atoms with E-state index in [4.69, 9.17) is 16.3 Å². The minimum Gasteiger partial charge on any atom is -0.494 e. The van der Waals surface area contributed by atoms with E-state index < -0.39 is 22.5 Å². The first-order chi connectivity index (χ1) is 11.9. The Labute approximate surface area is 152 Å². The number of halogens is 1. The van der Waals surface area contributed by atoms with Crippen molar-refractivity contribution in [1.82, 2.24) is 0 Å². The minimum absolute atomic E-state index is 0.0229. The number of carbonyl (C=O) groups is 1. The molecular weight excluding hydrogens is 366 g/mol. The number of rotatable bonds is 7. The molecule has 2 aromatic carbocycles. The van der Waals surface area contributed by atoms with Gasteiger partial charge in [-0.3, -0.25) is 9.10 Å². The summed E-state index contributed by atoms with van der Waals surface area (Å²) in [6.07, 6.45) is 0. The van der Waals surface area contributed by atoms with Gasteiger partial charge in [0.25, 0.3) is 10.0 Å². The third kappa shape index (κ3) is 4.64. The van der Waals surface area contributed by atoms with Gasteiger partial charge in [0, 0.05) is 5.02 Å². The monoisotopic (exact) mass is 383 g/mol. The van der Waals surface area contributed by atoms with Gasteiger partial charge in [0.15, 0.2) is 0 Å². The molecule has 0 radical (unpaired) electrons. The van der Waals surface area contributed by atoms with Crippen LogP contribution in [-0.4, -0.2) is 34.6 Å². The molecule has 2 aromatic rings. The summed E-state index contributed by atoms with van der Waals surface area (Å²) in [6.45, 7) is 1.90. The molecule has 0 heterocycles. The number of methoxy groups -OCH3 is 1. The van der Waals surface area contributed by atoms with Crippen molar-refractivity contribution < 1.29 is 22.7 Å². The van der Waals surface area contributed by atoms with Crippen LogP contribution >= 0.6 is 11.6 Å². The number of carbonyl (C=O) groups excluding carboxylic acids is 1. The van der Waals surface area contributed by atoms with Gasteiger partial charge in [-0.25, -0.2) is 8.42 Å². The van der Waals surface area contributed by atoms with Gasteiger partial charge in [-0.1, -0.05) is 11.6 Å². The summed E-state index contributed by atoms with van der Waals surface area (Å²) in [5.41, 5.74) is 0.323. The van der Waals surface area contributed by atoms with E-state index in [9.17, 15) is 13.2 Å². The lowest BCUT2D eigenvalue weighted by Crippen LogP contribution is -2.36. The first-order valence-corrected chi connectivity index (χ1v) is 9.28. The fraction of sp³-hybridized carbons (Fsp3) is 0.235. The molecule has 0 saturated carbocycles. The molecule has 6 nitrogen and oxygen atoms in total. The summed E-state index contributed by atoms with van der Waals surface area (Å²) in [5, 5.41) is 0.416. The molecule has 0 amide bonds. The lowest BCUT2D eigenvalue weighted by molar-refractivity contribution is -0.138. The van der Waals surface area contributed by atoms with Crippen LogP contribution in [0, 0.1) is 0 Å². The SMILES string of the molecule is CCOc1ccc(N(CC(=O)OC)S(=O)(=O)c2ccc(Cl)cc2)cc1. The number of nitrogens with zero attached hydrogens (tertiary/aromatic N) is 1. The summed E-state index contributed by atoms with van der Waals surface area (Å²) in [7, 11) is -2.77. The number of hydrogen-bond acceptors (Lipinski definition) is 5. The highest BCUT2D eigenvalue weighted by Gasteiger charge is 2.27. The molecule has 0 bridgehead atoms. The smallest absolute Gasteiger partial charge is 0.326 e. The zero-order valence-corrected chi connectivity index (χ0v) is 15.4. The average molecular weight is 384 g/mol. The number of benzene rings is 2. The predicted octanol–water partition coefficient (Wildman–Crippen LogP) is 3.11. The Morgan fingerprint density at radius 3 is 2.20 bits per heavy atom. The molecule has 0 aromatic heterocycles. The van der Waals surface area contributed by atoms with E-state index in [0.717, 1.165) is 4.31 Å². The van der Waals surface area contributed by atoms with Gasteiger partial charge in [0.2, 0.25) is 0 Å². The van der Waals surface area contributed by atoms with Crippen molar-refractivity contribution in [2.45, 2.75) is 11.8 Å². The second-order valence-electron chi connectivity index (χ2n) is 4.97. The Hall–Kier alpha value is -2.25. The summed E-state index contributed by atoms with van der Waals surface area (Å²) in [6, 6.07) is 12.1. The molecule has 0 atom stereocenters. The van der Waals surface area contributed by atoms with Gasteiger partial charge >= 0.3 is 5.97 Å². The van der Waals surface area contributed by atoms with Crippen molar-refractivity contribution >= 4 is 33.3 Å². The van der Waals surface area contributed by atoms with Crippen LogP contribution in [0.3, 0.4) is 0 Å². The summed E-state index contributed by atoms with van der Waals surface area (Å²) in [5.74, 6) is -0.0698. The van der Waals surface area contributed by atoms with Crippen LogP contribution in [0.5, 0.6) is 5.75 Å².